The van der Waals surface area contributed by atoms with Crippen LogP contribution in [-0.2, 0) is 6.54 Å². The fourth-order valence-corrected chi connectivity index (χ4v) is 1.96. The summed E-state index contributed by atoms with van der Waals surface area (Å²) in [4.78, 5) is 5.66. The molecule has 0 amide bonds. The van der Waals surface area contributed by atoms with Gasteiger partial charge >= 0.3 is 0 Å². The molecule has 0 aliphatic rings. The molecule has 1 N–H and O–H groups in total. The zero-order valence-corrected chi connectivity index (χ0v) is 11.1. The van der Waals surface area contributed by atoms with Gasteiger partial charge in [0.15, 0.2) is 0 Å². The van der Waals surface area contributed by atoms with E-state index in [1.54, 1.807) is 12.4 Å². The van der Waals surface area contributed by atoms with Gasteiger partial charge in [0, 0.05) is 30.1 Å². The summed E-state index contributed by atoms with van der Waals surface area (Å²) in [6.45, 7) is 0.700. The second-order valence-corrected chi connectivity index (χ2v) is 4.30. The lowest BCUT2D eigenvalue weighted by molar-refractivity contribution is 0.699. The van der Waals surface area contributed by atoms with E-state index in [1.807, 2.05) is 43.4 Å². The number of hydrogen-bond donors (Lipinski definition) is 1. The lowest BCUT2D eigenvalue weighted by Crippen LogP contribution is -2.11. The fraction of sp³-hybridized carbons (Fsp3) is 0.143. The fourth-order valence-electron chi connectivity index (χ4n) is 1.96. The Hall–Kier alpha value is -2.60. The van der Waals surface area contributed by atoms with Crippen molar-refractivity contribution in [1.29, 1.82) is 0 Å². The van der Waals surface area contributed by atoms with E-state index in [-0.39, 0.29) is 0 Å². The Morgan fingerprint density at radius 2 is 2.00 bits per heavy atom. The van der Waals surface area contributed by atoms with Crippen LogP contribution < -0.4 is 5.32 Å². The average molecular weight is 266 g/mol. The molecule has 0 saturated heterocycles. The van der Waals surface area contributed by atoms with Gasteiger partial charge in [-0.3, -0.25) is 4.98 Å². The summed E-state index contributed by atoms with van der Waals surface area (Å²) in [5.74, 6) is 0.609. The van der Waals surface area contributed by atoms with Gasteiger partial charge in [0.1, 0.15) is 0 Å². The predicted molar refractivity (Wildman–Crippen MR) is 75.1 cm³/mol. The molecule has 100 valence electrons. The molecule has 0 saturated carbocycles. The highest BCUT2D eigenvalue weighted by atomic mass is 15.6. The first-order valence-electron chi connectivity index (χ1n) is 6.32. The lowest BCUT2D eigenvalue weighted by Gasteiger charge is -2.05. The monoisotopic (exact) mass is 266 g/mol. The van der Waals surface area contributed by atoms with Crippen LogP contribution in [-0.4, -0.2) is 32.2 Å². The number of hydrogen-bond acceptors (Lipinski definition) is 5. The second kappa shape index (κ2) is 5.58. The summed E-state index contributed by atoms with van der Waals surface area (Å²) in [6.07, 6.45) is 3.53. The number of rotatable bonds is 4. The third-order valence-electron chi connectivity index (χ3n) is 2.91. The van der Waals surface area contributed by atoms with Gasteiger partial charge in [-0.25, -0.2) is 0 Å². The van der Waals surface area contributed by atoms with E-state index in [9.17, 15) is 0 Å². The van der Waals surface area contributed by atoms with E-state index in [0.29, 0.717) is 12.4 Å². The zero-order chi connectivity index (χ0) is 13.8. The first-order valence-corrected chi connectivity index (χ1v) is 6.32. The molecule has 3 rings (SSSR count). The lowest BCUT2D eigenvalue weighted by atomic mass is 10.2. The molecule has 0 atom stereocenters. The van der Waals surface area contributed by atoms with Crippen molar-refractivity contribution in [3.63, 3.8) is 0 Å². The topological polar surface area (TPSA) is 68.5 Å². The van der Waals surface area contributed by atoms with Crippen molar-refractivity contribution < 1.29 is 0 Å². The molecule has 0 aliphatic carbocycles. The Balaban J connectivity index is 1.98. The Kier molecular flexibility index (Phi) is 3.47. The van der Waals surface area contributed by atoms with Crippen molar-refractivity contribution in [2.45, 2.75) is 6.54 Å². The molecule has 0 unspecified atom stereocenters. The molecule has 1 aromatic carbocycles. The summed E-state index contributed by atoms with van der Waals surface area (Å²) < 4.78 is 0. The molecular formula is C14H14N6. The number of tetrazole rings is 1. The molecule has 2 heterocycles. The quantitative estimate of drug-likeness (QED) is 0.774. The first kappa shape index (κ1) is 12.4. The zero-order valence-electron chi connectivity index (χ0n) is 11.1. The van der Waals surface area contributed by atoms with E-state index in [0.717, 1.165) is 16.8 Å². The Labute approximate surface area is 116 Å². The van der Waals surface area contributed by atoms with Gasteiger partial charge in [-0.15, -0.1) is 15.0 Å². The highest BCUT2D eigenvalue weighted by Crippen LogP contribution is 2.15. The maximum atomic E-state index is 4.43. The van der Waals surface area contributed by atoms with E-state index in [4.69, 9.17) is 0 Å². The number of benzene rings is 1. The number of aromatic nitrogens is 5. The van der Waals surface area contributed by atoms with Crippen LogP contribution in [0, 0.1) is 0 Å². The minimum absolute atomic E-state index is 0.609. The van der Waals surface area contributed by atoms with Gasteiger partial charge < -0.3 is 5.32 Å². The van der Waals surface area contributed by atoms with Crippen LogP contribution in [0.3, 0.4) is 0 Å². The van der Waals surface area contributed by atoms with Crippen molar-refractivity contribution in [3.8, 4) is 17.1 Å². The van der Waals surface area contributed by atoms with Gasteiger partial charge in [0.25, 0.3) is 0 Å². The van der Waals surface area contributed by atoms with Crippen LogP contribution in [0.2, 0.25) is 0 Å². The van der Waals surface area contributed by atoms with Crippen molar-refractivity contribution in [2.24, 2.45) is 0 Å². The highest BCUT2D eigenvalue weighted by Gasteiger charge is 2.10. The summed E-state index contributed by atoms with van der Waals surface area (Å²) in [5, 5.41) is 15.8. The molecule has 0 spiro atoms. The maximum absolute atomic E-state index is 4.43. The number of nitrogens with one attached hydrogen (secondary N) is 1. The minimum Gasteiger partial charge on any atom is -0.316 e. The molecule has 0 aliphatic heterocycles. The Bertz CT molecular complexity index is 692. The van der Waals surface area contributed by atoms with Crippen LogP contribution >= 0.6 is 0 Å². The van der Waals surface area contributed by atoms with Gasteiger partial charge in [0.05, 0.1) is 5.69 Å². The maximum Gasteiger partial charge on any atom is 0.205 e. The van der Waals surface area contributed by atoms with Crippen molar-refractivity contribution in [3.05, 3.63) is 54.4 Å². The van der Waals surface area contributed by atoms with E-state index in [2.05, 4.69) is 25.7 Å². The normalized spacial score (nSPS) is 10.7. The molecule has 6 heteroatoms. The van der Waals surface area contributed by atoms with Crippen molar-refractivity contribution >= 4 is 0 Å². The summed E-state index contributed by atoms with van der Waals surface area (Å²) in [6, 6.07) is 11.7. The van der Waals surface area contributed by atoms with E-state index in [1.165, 1.54) is 4.80 Å². The first-order chi connectivity index (χ1) is 9.88. The van der Waals surface area contributed by atoms with Gasteiger partial charge in [-0.05, 0) is 18.3 Å². The second-order valence-electron chi connectivity index (χ2n) is 4.30. The average Bonchev–Trinajstić information content (AvgIpc) is 2.99. The predicted octanol–water partition coefficient (Wildman–Crippen LogP) is 1.44. The third kappa shape index (κ3) is 2.41. The summed E-state index contributed by atoms with van der Waals surface area (Å²) in [7, 11) is 1.89. The highest BCUT2D eigenvalue weighted by molar-refractivity contribution is 5.53. The van der Waals surface area contributed by atoms with Crippen LogP contribution in [0.25, 0.3) is 17.1 Å². The molecular weight excluding hydrogens is 252 g/mol. The minimum atomic E-state index is 0.609. The van der Waals surface area contributed by atoms with Gasteiger partial charge in [-0.2, -0.15) is 0 Å². The number of pyridine rings is 1. The van der Waals surface area contributed by atoms with Crippen molar-refractivity contribution in [1.82, 2.24) is 30.5 Å². The third-order valence-corrected chi connectivity index (χ3v) is 2.91. The SMILES string of the molecule is CNCc1cnccc1-n1nnc(-c2ccccc2)n1. The van der Waals surface area contributed by atoms with E-state index < -0.39 is 0 Å². The number of nitrogens with zero attached hydrogens (tertiary/aromatic N) is 5. The Morgan fingerprint density at radius 1 is 1.15 bits per heavy atom. The molecule has 6 nitrogen and oxygen atoms in total. The molecule has 0 radical (unpaired) electrons. The van der Waals surface area contributed by atoms with Crippen LogP contribution in [0.5, 0.6) is 0 Å². The van der Waals surface area contributed by atoms with E-state index >= 15 is 0 Å². The van der Waals surface area contributed by atoms with Crippen LogP contribution in [0.15, 0.2) is 48.8 Å². The van der Waals surface area contributed by atoms with Gasteiger partial charge in [0.2, 0.25) is 5.82 Å². The molecule has 20 heavy (non-hydrogen) atoms. The van der Waals surface area contributed by atoms with Crippen LogP contribution in [0.4, 0.5) is 0 Å². The van der Waals surface area contributed by atoms with Crippen LogP contribution in [0.1, 0.15) is 5.56 Å². The van der Waals surface area contributed by atoms with Crippen molar-refractivity contribution in [2.75, 3.05) is 7.05 Å². The summed E-state index contributed by atoms with van der Waals surface area (Å²) in [5.41, 5.74) is 2.85. The van der Waals surface area contributed by atoms with Gasteiger partial charge in [-0.1, -0.05) is 30.3 Å². The Morgan fingerprint density at radius 3 is 2.80 bits per heavy atom. The smallest absolute Gasteiger partial charge is 0.205 e. The standard InChI is InChI=1S/C14H14N6/c1-15-9-12-10-16-8-7-13(12)20-18-14(17-19-20)11-5-3-2-4-6-11/h2-8,10,15H,9H2,1H3. The molecule has 0 bridgehead atoms. The molecule has 3 aromatic rings. The molecule has 2 aromatic heterocycles. The molecule has 0 fully saturated rings. The largest absolute Gasteiger partial charge is 0.316 e. The summed E-state index contributed by atoms with van der Waals surface area (Å²) >= 11 is 0.